The second-order valence-corrected chi connectivity index (χ2v) is 3.89. The van der Waals surface area contributed by atoms with Crippen molar-refractivity contribution in [2.24, 2.45) is 0 Å². The maximum atomic E-state index is 11.4. The second kappa shape index (κ2) is 3.76. The predicted octanol–water partition coefficient (Wildman–Crippen LogP) is 0.997. The summed E-state index contributed by atoms with van der Waals surface area (Å²) in [6.45, 7) is 0.853. The van der Waals surface area contributed by atoms with E-state index in [0.29, 0.717) is 35.6 Å². The van der Waals surface area contributed by atoms with Gasteiger partial charge in [0.15, 0.2) is 11.5 Å². The van der Waals surface area contributed by atoms with Crippen LogP contribution >= 0.6 is 0 Å². The third kappa shape index (κ3) is 1.58. The zero-order valence-corrected chi connectivity index (χ0v) is 9.23. The summed E-state index contributed by atoms with van der Waals surface area (Å²) in [5.41, 5.74) is -0.0912. The van der Waals surface area contributed by atoms with Crippen LogP contribution in [0, 0.1) is 0 Å². The highest BCUT2D eigenvalue weighted by atomic mass is 16.6. The molecule has 0 atom stereocenters. The lowest BCUT2D eigenvalue weighted by Crippen LogP contribution is -2.16. The highest BCUT2D eigenvalue weighted by Crippen LogP contribution is 2.34. The summed E-state index contributed by atoms with van der Waals surface area (Å²) >= 11 is 0. The van der Waals surface area contributed by atoms with Crippen molar-refractivity contribution in [1.82, 2.24) is 4.98 Å². The molecule has 0 bridgehead atoms. The molecule has 6 heteroatoms. The van der Waals surface area contributed by atoms with Crippen LogP contribution in [0.2, 0.25) is 0 Å². The number of rotatable bonds is 1. The molecule has 1 aromatic carbocycles. The van der Waals surface area contributed by atoms with Crippen molar-refractivity contribution in [3.8, 4) is 11.5 Å². The van der Waals surface area contributed by atoms with E-state index in [-0.39, 0.29) is 5.56 Å². The van der Waals surface area contributed by atoms with Gasteiger partial charge < -0.3 is 19.6 Å². The van der Waals surface area contributed by atoms with Gasteiger partial charge in [-0.05, 0) is 6.07 Å². The first-order chi connectivity index (χ1) is 8.65. The topological polar surface area (TPSA) is 88.6 Å². The molecule has 0 aliphatic carbocycles. The Kier molecular flexibility index (Phi) is 2.22. The molecule has 2 aromatic rings. The van der Waals surface area contributed by atoms with Gasteiger partial charge in [-0.2, -0.15) is 0 Å². The van der Waals surface area contributed by atoms with Crippen molar-refractivity contribution in [1.29, 1.82) is 0 Å². The summed E-state index contributed by atoms with van der Waals surface area (Å²) in [5, 5.41) is 9.51. The quantitative estimate of drug-likeness (QED) is 0.784. The summed E-state index contributed by atoms with van der Waals surface area (Å²) in [6.07, 6.45) is 0. The minimum absolute atomic E-state index is 0.0503. The summed E-state index contributed by atoms with van der Waals surface area (Å²) < 4.78 is 10.8. The Hall–Kier alpha value is -2.50. The first-order valence-electron chi connectivity index (χ1n) is 5.35. The number of fused-ring (bicyclic) bond motifs is 2. The molecule has 2 heterocycles. The van der Waals surface area contributed by atoms with Gasteiger partial charge in [0.1, 0.15) is 13.2 Å². The standard InChI is InChI=1S/C12H9NO5/c14-11-4-7(12(15)16)6-3-9-10(5-8(6)13-11)18-2-1-17-9/h3-5H,1-2H2,(H,13,14)(H,15,16). The monoisotopic (exact) mass is 247 g/mol. The van der Waals surface area contributed by atoms with Gasteiger partial charge in [0.2, 0.25) is 5.56 Å². The zero-order valence-electron chi connectivity index (χ0n) is 9.23. The van der Waals surface area contributed by atoms with Gasteiger partial charge in [0, 0.05) is 17.5 Å². The van der Waals surface area contributed by atoms with Crippen molar-refractivity contribution < 1.29 is 19.4 Å². The Morgan fingerprint density at radius 2 is 1.83 bits per heavy atom. The SMILES string of the molecule is O=C(O)c1cc(=O)[nH]c2cc3c(cc12)OCCO3. The first-order valence-corrected chi connectivity index (χ1v) is 5.35. The molecule has 0 spiro atoms. The van der Waals surface area contributed by atoms with Crippen LogP contribution in [0.25, 0.3) is 10.9 Å². The van der Waals surface area contributed by atoms with Crippen LogP contribution in [0.15, 0.2) is 23.0 Å². The van der Waals surface area contributed by atoms with Crippen molar-refractivity contribution in [2.45, 2.75) is 0 Å². The molecule has 18 heavy (non-hydrogen) atoms. The molecule has 3 rings (SSSR count). The molecule has 0 fully saturated rings. The minimum Gasteiger partial charge on any atom is -0.486 e. The van der Waals surface area contributed by atoms with Gasteiger partial charge in [0.25, 0.3) is 0 Å². The number of carboxylic acids is 1. The Morgan fingerprint density at radius 3 is 2.50 bits per heavy atom. The lowest BCUT2D eigenvalue weighted by atomic mass is 10.1. The molecule has 1 aliphatic rings. The van der Waals surface area contributed by atoms with Crippen LogP contribution in [0.1, 0.15) is 10.4 Å². The lowest BCUT2D eigenvalue weighted by Gasteiger charge is -2.19. The van der Waals surface area contributed by atoms with Gasteiger partial charge in [-0.3, -0.25) is 4.79 Å². The van der Waals surface area contributed by atoms with E-state index in [9.17, 15) is 9.59 Å². The van der Waals surface area contributed by atoms with Crippen molar-refractivity contribution in [3.05, 3.63) is 34.1 Å². The van der Waals surface area contributed by atoms with Crippen LogP contribution in [0.3, 0.4) is 0 Å². The number of benzene rings is 1. The number of nitrogens with one attached hydrogen (secondary N) is 1. The maximum Gasteiger partial charge on any atom is 0.336 e. The highest BCUT2D eigenvalue weighted by molar-refractivity contribution is 6.03. The molecule has 2 N–H and O–H groups in total. The minimum atomic E-state index is -1.15. The smallest absolute Gasteiger partial charge is 0.336 e. The highest BCUT2D eigenvalue weighted by Gasteiger charge is 2.17. The van der Waals surface area contributed by atoms with E-state index < -0.39 is 11.5 Å². The van der Waals surface area contributed by atoms with Gasteiger partial charge in [-0.1, -0.05) is 0 Å². The van der Waals surface area contributed by atoms with Gasteiger partial charge in [-0.15, -0.1) is 0 Å². The Labute approximate surface area is 101 Å². The number of aromatic nitrogens is 1. The summed E-state index contributed by atoms with van der Waals surface area (Å²) in [6, 6.07) is 4.21. The molecule has 0 saturated heterocycles. The van der Waals surface area contributed by atoms with E-state index in [1.165, 1.54) is 0 Å². The molecule has 0 saturated carbocycles. The van der Waals surface area contributed by atoms with Crippen molar-refractivity contribution in [2.75, 3.05) is 13.2 Å². The number of carbonyl (C=O) groups is 1. The summed E-state index contributed by atoms with van der Waals surface area (Å²) in [7, 11) is 0. The fourth-order valence-corrected chi connectivity index (χ4v) is 1.97. The average molecular weight is 247 g/mol. The van der Waals surface area contributed by atoms with Crippen molar-refractivity contribution >= 4 is 16.9 Å². The van der Waals surface area contributed by atoms with E-state index in [2.05, 4.69) is 4.98 Å². The summed E-state index contributed by atoms with van der Waals surface area (Å²) in [5.74, 6) is -0.155. The molecule has 0 amide bonds. The van der Waals surface area contributed by atoms with Crippen molar-refractivity contribution in [3.63, 3.8) is 0 Å². The fraction of sp³-hybridized carbons (Fsp3) is 0.167. The Morgan fingerprint density at radius 1 is 1.17 bits per heavy atom. The summed E-state index contributed by atoms with van der Waals surface area (Å²) in [4.78, 5) is 25.1. The average Bonchev–Trinajstić information content (AvgIpc) is 2.35. The molecule has 6 nitrogen and oxygen atoms in total. The largest absolute Gasteiger partial charge is 0.486 e. The van der Waals surface area contributed by atoms with Crippen LogP contribution in [-0.2, 0) is 0 Å². The predicted molar refractivity (Wildman–Crippen MR) is 62.5 cm³/mol. The molecule has 0 radical (unpaired) electrons. The van der Waals surface area contributed by atoms with E-state index >= 15 is 0 Å². The Bertz CT molecular complexity index is 703. The van der Waals surface area contributed by atoms with E-state index in [4.69, 9.17) is 14.6 Å². The van der Waals surface area contributed by atoms with Crippen LogP contribution in [0.4, 0.5) is 0 Å². The number of pyridine rings is 1. The Balaban J connectivity index is 2.36. The number of hydrogen-bond acceptors (Lipinski definition) is 4. The molecule has 1 aromatic heterocycles. The number of hydrogen-bond donors (Lipinski definition) is 2. The molecular weight excluding hydrogens is 238 g/mol. The van der Waals surface area contributed by atoms with Crippen LogP contribution in [0.5, 0.6) is 11.5 Å². The molecule has 1 aliphatic heterocycles. The van der Waals surface area contributed by atoms with Gasteiger partial charge in [-0.25, -0.2) is 4.79 Å². The number of carboxylic acid groups (broad SMARTS) is 1. The number of aromatic amines is 1. The van der Waals surface area contributed by atoms with Crippen LogP contribution in [-0.4, -0.2) is 29.3 Å². The normalized spacial score (nSPS) is 13.6. The third-order valence-corrected chi connectivity index (χ3v) is 2.74. The lowest BCUT2D eigenvalue weighted by molar-refractivity contribution is 0.0699. The molecular formula is C12H9NO5. The molecule has 92 valence electrons. The van der Waals surface area contributed by atoms with Gasteiger partial charge in [0.05, 0.1) is 11.1 Å². The van der Waals surface area contributed by atoms with E-state index in [1.54, 1.807) is 12.1 Å². The van der Waals surface area contributed by atoms with E-state index in [1.807, 2.05) is 0 Å². The van der Waals surface area contributed by atoms with Gasteiger partial charge >= 0.3 is 5.97 Å². The van der Waals surface area contributed by atoms with E-state index in [0.717, 1.165) is 6.07 Å². The first kappa shape index (κ1) is 10.6. The maximum absolute atomic E-state index is 11.4. The second-order valence-electron chi connectivity index (χ2n) is 3.89. The number of ether oxygens (including phenoxy) is 2. The zero-order chi connectivity index (χ0) is 12.7. The number of H-pyrrole nitrogens is 1. The van der Waals surface area contributed by atoms with Crippen LogP contribution < -0.4 is 15.0 Å². The third-order valence-electron chi connectivity index (χ3n) is 2.74. The fourth-order valence-electron chi connectivity index (χ4n) is 1.97. The molecule has 0 unspecified atom stereocenters. The number of aromatic carboxylic acids is 1.